The first-order valence-electron chi connectivity index (χ1n) is 21.2. The van der Waals surface area contributed by atoms with Crippen LogP contribution in [0, 0.1) is 0 Å². The summed E-state index contributed by atoms with van der Waals surface area (Å²) in [5.74, 6) is -3.12. The number of aliphatic hydroxyl groups is 1. The molecule has 2 heterocycles. The predicted molar refractivity (Wildman–Crippen MR) is 231 cm³/mol. The third-order valence-electron chi connectivity index (χ3n) is 11.2. The Kier molecular flexibility index (Phi) is 13.7. The fourth-order valence-corrected chi connectivity index (χ4v) is 8.27. The average molecular weight is 843 g/mol. The first-order valence-corrected chi connectivity index (χ1v) is 21.2. The molecule has 3 aliphatic rings. The van der Waals surface area contributed by atoms with E-state index in [2.05, 4.69) is 5.32 Å². The molecule has 2 saturated heterocycles. The molecule has 2 aliphatic heterocycles. The predicted octanol–water partition coefficient (Wildman–Crippen LogP) is 6.78. The second-order valence-corrected chi connectivity index (χ2v) is 16.8. The maximum atomic E-state index is 14.6. The van der Waals surface area contributed by atoms with E-state index in [0.717, 1.165) is 5.56 Å². The quantitative estimate of drug-likeness (QED) is 0.116. The molecule has 4 aromatic rings. The molecule has 0 bridgehead atoms. The Labute approximate surface area is 362 Å². The molecule has 324 valence electrons. The van der Waals surface area contributed by atoms with E-state index >= 15 is 0 Å². The number of aromatic hydroxyl groups is 1. The number of likely N-dealkylation sites (tertiary alicyclic amines) is 1. The molecule has 5 atom stereocenters. The first kappa shape index (κ1) is 44.0. The molecule has 62 heavy (non-hydrogen) atoms. The SMILES string of the molecule is CC(C)(C)OC(=O)CC[C@@H](CO)NC(=O)[C@H]1CCCN1C(=O)C1=C[C@H]2OC(c3ccccc3)(c3ccccc3)O[C@H]2[C@H](OC(=O)c2ccccc2C=CCc2ccccc2O)C1. The van der Waals surface area contributed by atoms with Crippen LogP contribution in [0.1, 0.15) is 85.5 Å². The molecule has 12 heteroatoms. The second kappa shape index (κ2) is 19.3. The Hall–Kier alpha value is -6.08. The van der Waals surface area contributed by atoms with Crippen LogP contribution in [0.2, 0.25) is 0 Å². The van der Waals surface area contributed by atoms with E-state index in [9.17, 15) is 29.4 Å². The molecule has 4 aromatic carbocycles. The minimum atomic E-state index is -1.41. The Morgan fingerprint density at radius 2 is 1.56 bits per heavy atom. The van der Waals surface area contributed by atoms with Crippen LogP contribution in [0.25, 0.3) is 6.08 Å². The van der Waals surface area contributed by atoms with E-state index in [-0.39, 0.29) is 25.0 Å². The highest BCUT2D eigenvalue weighted by Gasteiger charge is 2.55. The second-order valence-electron chi connectivity index (χ2n) is 16.8. The van der Waals surface area contributed by atoms with Crippen molar-refractivity contribution in [2.45, 2.75) is 101 Å². The third-order valence-corrected chi connectivity index (χ3v) is 11.2. The number of fused-ring (bicyclic) bond motifs is 1. The minimum Gasteiger partial charge on any atom is -0.508 e. The summed E-state index contributed by atoms with van der Waals surface area (Å²) >= 11 is 0. The van der Waals surface area contributed by atoms with Crippen molar-refractivity contribution in [3.63, 3.8) is 0 Å². The Balaban J connectivity index is 1.15. The number of carbonyl (C=O) groups is 4. The molecule has 0 spiro atoms. The van der Waals surface area contributed by atoms with Gasteiger partial charge in [-0.25, -0.2) is 4.79 Å². The number of carbonyl (C=O) groups excluding carboxylic acids is 4. The lowest BCUT2D eigenvalue weighted by atomic mass is 9.91. The molecule has 1 aliphatic carbocycles. The van der Waals surface area contributed by atoms with Gasteiger partial charge in [0, 0.05) is 36.1 Å². The third kappa shape index (κ3) is 10.2. The normalized spacial score (nSPS) is 21.2. The van der Waals surface area contributed by atoms with Gasteiger partial charge in [-0.2, -0.15) is 0 Å². The fraction of sp³-hybridized carbons (Fsp3) is 0.360. The van der Waals surface area contributed by atoms with Crippen molar-refractivity contribution in [2.75, 3.05) is 13.2 Å². The molecule has 2 amide bonds. The highest BCUT2D eigenvalue weighted by atomic mass is 16.8. The molecular formula is C50H54N2O10. The number of nitrogens with zero attached hydrogens (tertiary/aromatic N) is 1. The smallest absolute Gasteiger partial charge is 0.339 e. The van der Waals surface area contributed by atoms with Crippen LogP contribution < -0.4 is 5.32 Å². The molecule has 2 fully saturated rings. The lowest BCUT2D eigenvalue weighted by Crippen LogP contribution is -2.51. The van der Waals surface area contributed by atoms with Gasteiger partial charge in [-0.15, -0.1) is 0 Å². The van der Waals surface area contributed by atoms with Crippen molar-refractivity contribution < 1.29 is 48.3 Å². The highest BCUT2D eigenvalue weighted by molar-refractivity contribution is 5.98. The van der Waals surface area contributed by atoms with Gasteiger partial charge in [0.1, 0.15) is 35.7 Å². The number of allylic oxidation sites excluding steroid dienone is 1. The molecule has 3 N–H and O–H groups in total. The van der Waals surface area contributed by atoms with E-state index < -0.39 is 72.1 Å². The largest absolute Gasteiger partial charge is 0.508 e. The van der Waals surface area contributed by atoms with Crippen molar-refractivity contribution in [1.29, 1.82) is 0 Å². The highest BCUT2D eigenvalue weighted by Crippen LogP contribution is 2.47. The fourth-order valence-electron chi connectivity index (χ4n) is 8.27. The summed E-state index contributed by atoms with van der Waals surface area (Å²) in [5.41, 5.74) is 2.73. The van der Waals surface area contributed by atoms with Crippen LogP contribution in [-0.2, 0) is 45.5 Å². The maximum absolute atomic E-state index is 14.6. The topological polar surface area (TPSA) is 161 Å². The monoisotopic (exact) mass is 842 g/mol. The first-order chi connectivity index (χ1) is 29.8. The molecule has 0 unspecified atom stereocenters. The number of phenolic OH excluding ortho intramolecular Hbond substituents is 1. The Bertz CT molecular complexity index is 2250. The number of benzene rings is 4. The summed E-state index contributed by atoms with van der Waals surface area (Å²) in [6, 6.07) is 31.5. The van der Waals surface area contributed by atoms with Gasteiger partial charge in [0.2, 0.25) is 17.6 Å². The number of phenols is 1. The summed E-state index contributed by atoms with van der Waals surface area (Å²) in [6.07, 6.45) is 4.32. The van der Waals surface area contributed by atoms with Crippen molar-refractivity contribution in [1.82, 2.24) is 10.2 Å². The van der Waals surface area contributed by atoms with E-state index in [0.29, 0.717) is 53.6 Å². The van der Waals surface area contributed by atoms with Crippen molar-refractivity contribution in [3.8, 4) is 5.75 Å². The van der Waals surface area contributed by atoms with Gasteiger partial charge in [-0.05, 0) is 75.8 Å². The number of esters is 2. The zero-order valence-corrected chi connectivity index (χ0v) is 35.3. The Morgan fingerprint density at radius 1 is 0.903 bits per heavy atom. The molecule has 12 nitrogen and oxygen atoms in total. The average Bonchev–Trinajstić information content (AvgIpc) is 3.93. The van der Waals surface area contributed by atoms with E-state index in [1.807, 2.05) is 91.0 Å². The number of aliphatic hydroxyl groups excluding tert-OH is 1. The number of para-hydroxylation sites is 1. The molecule has 7 rings (SSSR count). The van der Waals surface area contributed by atoms with Gasteiger partial charge < -0.3 is 39.4 Å². The molecule has 0 saturated carbocycles. The van der Waals surface area contributed by atoms with Crippen molar-refractivity contribution >= 4 is 29.8 Å². The van der Waals surface area contributed by atoms with Gasteiger partial charge in [0.25, 0.3) is 0 Å². The summed E-state index contributed by atoms with van der Waals surface area (Å²) in [4.78, 5) is 56.5. The standard InChI is InChI=1S/C50H54N2O10/c1-49(2,3)61-44(55)28-27-38(32-53)51-46(56)40-25-15-29-52(40)47(57)35-30-42(59-48(58)39-24-12-10-16-33(39)18-14-19-34-17-11-13-26-41(34)54)45-43(31-35)60-50(62-45,36-20-6-4-7-21-36)37-22-8-5-9-23-37/h4-14,16-18,20-24,26,31,38,40,42-43,45,53-54H,15,19,25,27-30,32H2,1-3H3,(H,51,56)/t38-,40+,42+,43+,45-/m0/s1. The zero-order chi connectivity index (χ0) is 43.9. The molecule has 0 radical (unpaired) electrons. The van der Waals surface area contributed by atoms with Crippen LogP contribution in [0.3, 0.4) is 0 Å². The van der Waals surface area contributed by atoms with Gasteiger partial charge in [0.05, 0.1) is 18.2 Å². The number of hydrogen-bond donors (Lipinski definition) is 3. The number of rotatable bonds is 14. The van der Waals surface area contributed by atoms with Gasteiger partial charge in [0.15, 0.2) is 0 Å². The summed E-state index contributed by atoms with van der Waals surface area (Å²) in [5, 5.41) is 23.2. The van der Waals surface area contributed by atoms with Crippen LogP contribution in [0.5, 0.6) is 5.75 Å². The molecular weight excluding hydrogens is 789 g/mol. The van der Waals surface area contributed by atoms with Gasteiger partial charge >= 0.3 is 11.9 Å². The van der Waals surface area contributed by atoms with Crippen molar-refractivity contribution in [3.05, 3.63) is 155 Å². The lowest BCUT2D eigenvalue weighted by molar-refractivity contribution is -0.157. The molecule has 0 aromatic heterocycles. The number of ether oxygens (including phenoxy) is 4. The Morgan fingerprint density at radius 3 is 2.24 bits per heavy atom. The van der Waals surface area contributed by atoms with Crippen LogP contribution in [0.15, 0.2) is 127 Å². The zero-order valence-electron chi connectivity index (χ0n) is 35.3. The lowest BCUT2D eigenvalue weighted by Gasteiger charge is -2.33. The number of hydrogen-bond acceptors (Lipinski definition) is 10. The summed E-state index contributed by atoms with van der Waals surface area (Å²) < 4.78 is 25.6. The number of amides is 2. The van der Waals surface area contributed by atoms with Gasteiger partial charge in [-0.3, -0.25) is 14.4 Å². The van der Waals surface area contributed by atoms with E-state index in [4.69, 9.17) is 18.9 Å². The van der Waals surface area contributed by atoms with Crippen LogP contribution >= 0.6 is 0 Å². The van der Waals surface area contributed by atoms with Gasteiger partial charge in [-0.1, -0.05) is 109 Å². The van der Waals surface area contributed by atoms with Crippen LogP contribution in [0.4, 0.5) is 0 Å². The van der Waals surface area contributed by atoms with Crippen molar-refractivity contribution in [2.24, 2.45) is 0 Å². The maximum Gasteiger partial charge on any atom is 0.339 e. The van der Waals surface area contributed by atoms with E-state index in [1.54, 1.807) is 57.2 Å². The minimum absolute atomic E-state index is 0.000165. The summed E-state index contributed by atoms with van der Waals surface area (Å²) in [6.45, 7) is 5.22. The van der Waals surface area contributed by atoms with E-state index in [1.165, 1.54) is 4.90 Å². The van der Waals surface area contributed by atoms with Crippen LogP contribution in [-0.4, -0.2) is 88.0 Å². The number of nitrogens with one attached hydrogen (secondary N) is 1. The summed E-state index contributed by atoms with van der Waals surface area (Å²) in [7, 11) is 0.